The molecule has 2 heteroatoms. The first-order chi connectivity index (χ1) is 8.83. The lowest BCUT2D eigenvalue weighted by Crippen LogP contribution is -2.24. The molecule has 1 N–H and O–H groups in total. The molecule has 1 aliphatic rings. The van der Waals surface area contributed by atoms with E-state index in [0.29, 0.717) is 5.92 Å². The van der Waals surface area contributed by atoms with E-state index in [1.54, 1.807) is 0 Å². The molecule has 1 aromatic heterocycles. The highest BCUT2D eigenvalue weighted by atomic mass is 14.9. The van der Waals surface area contributed by atoms with Gasteiger partial charge in [-0.3, -0.25) is 4.98 Å². The Morgan fingerprint density at radius 3 is 3.06 bits per heavy atom. The molecule has 2 aromatic rings. The van der Waals surface area contributed by atoms with E-state index in [1.165, 1.54) is 29.2 Å². The first kappa shape index (κ1) is 11.7. The number of fused-ring (bicyclic) bond motifs is 1. The number of hydrogen-bond acceptors (Lipinski definition) is 2. The molecule has 3 rings (SSSR count). The van der Waals surface area contributed by atoms with Crippen molar-refractivity contribution in [1.29, 1.82) is 0 Å². The Morgan fingerprint density at radius 1 is 1.33 bits per heavy atom. The van der Waals surface area contributed by atoms with E-state index in [-0.39, 0.29) is 0 Å². The summed E-state index contributed by atoms with van der Waals surface area (Å²) in [7, 11) is 0. The summed E-state index contributed by atoms with van der Waals surface area (Å²) >= 11 is 0. The highest BCUT2D eigenvalue weighted by Crippen LogP contribution is 2.22. The number of rotatable bonds is 5. The Labute approximate surface area is 108 Å². The lowest BCUT2D eigenvalue weighted by Gasteiger charge is -2.13. The van der Waals surface area contributed by atoms with Gasteiger partial charge >= 0.3 is 0 Å². The van der Waals surface area contributed by atoms with E-state index in [0.717, 1.165) is 19.0 Å². The molecule has 1 fully saturated rings. The third-order valence-electron chi connectivity index (χ3n) is 3.67. The van der Waals surface area contributed by atoms with Crippen LogP contribution in [-0.2, 0) is 6.42 Å². The molecule has 1 aliphatic carbocycles. The van der Waals surface area contributed by atoms with Crippen LogP contribution in [0.3, 0.4) is 0 Å². The summed E-state index contributed by atoms with van der Waals surface area (Å²) in [5.41, 5.74) is 1.42. The number of nitrogens with zero attached hydrogens (tertiary/aromatic N) is 1. The Hall–Kier alpha value is -1.41. The maximum Gasteiger partial charge on any atom is 0.0349 e. The molecule has 1 aromatic carbocycles. The molecule has 94 valence electrons. The van der Waals surface area contributed by atoms with Crippen molar-refractivity contribution in [2.45, 2.75) is 32.2 Å². The van der Waals surface area contributed by atoms with E-state index in [1.807, 2.05) is 12.4 Å². The maximum atomic E-state index is 4.25. The molecular formula is C16H20N2. The fourth-order valence-corrected chi connectivity index (χ4v) is 2.46. The van der Waals surface area contributed by atoms with Gasteiger partial charge in [-0.15, -0.1) is 0 Å². The van der Waals surface area contributed by atoms with Gasteiger partial charge < -0.3 is 5.32 Å². The van der Waals surface area contributed by atoms with E-state index < -0.39 is 0 Å². The van der Waals surface area contributed by atoms with Gasteiger partial charge in [-0.2, -0.15) is 0 Å². The van der Waals surface area contributed by atoms with Crippen LogP contribution >= 0.6 is 0 Å². The SMILES string of the molecule is CC(CNC1CC1)Cc1cccc2ccncc12. The first-order valence-electron chi connectivity index (χ1n) is 6.88. The normalized spacial score (nSPS) is 16.9. The van der Waals surface area contributed by atoms with Crippen LogP contribution in [-0.4, -0.2) is 17.6 Å². The standard InChI is InChI=1S/C16H20N2/c1-12(10-18-15-5-6-15)9-14-4-2-3-13-7-8-17-11-16(13)14/h2-4,7-8,11-12,15,18H,5-6,9-10H2,1H3. The Kier molecular flexibility index (Phi) is 3.28. The van der Waals surface area contributed by atoms with Crippen LogP contribution in [0.15, 0.2) is 36.7 Å². The highest BCUT2D eigenvalue weighted by molar-refractivity contribution is 5.84. The molecular weight excluding hydrogens is 220 g/mol. The van der Waals surface area contributed by atoms with Crippen molar-refractivity contribution < 1.29 is 0 Å². The monoisotopic (exact) mass is 240 g/mol. The zero-order valence-electron chi connectivity index (χ0n) is 10.9. The second kappa shape index (κ2) is 5.07. The number of nitrogens with one attached hydrogen (secondary N) is 1. The van der Waals surface area contributed by atoms with Crippen molar-refractivity contribution in [3.05, 3.63) is 42.2 Å². The summed E-state index contributed by atoms with van der Waals surface area (Å²) in [5, 5.41) is 6.21. The number of benzene rings is 1. The van der Waals surface area contributed by atoms with Crippen molar-refractivity contribution >= 4 is 10.8 Å². The zero-order valence-corrected chi connectivity index (χ0v) is 10.9. The first-order valence-corrected chi connectivity index (χ1v) is 6.88. The van der Waals surface area contributed by atoms with Gasteiger partial charge in [0.2, 0.25) is 0 Å². The average molecular weight is 240 g/mol. The second-order valence-corrected chi connectivity index (χ2v) is 5.51. The fourth-order valence-electron chi connectivity index (χ4n) is 2.46. The van der Waals surface area contributed by atoms with Crippen LogP contribution in [0.25, 0.3) is 10.8 Å². The smallest absolute Gasteiger partial charge is 0.0349 e. The summed E-state index contributed by atoms with van der Waals surface area (Å²) < 4.78 is 0. The van der Waals surface area contributed by atoms with E-state index in [2.05, 4.69) is 41.5 Å². The Bertz CT molecular complexity index is 526. The molecule has 0 spiro atoms. The van der Waals surface area contributed by atoms with Gasteiger partial charge in [0.05, 0.1) is 0 Å². The number of pyridine rings is 1. The minimum Gasteiger partial charge on any atom is -0.314 e. The van der Waals surface area contributed by atoms with Gasteiger partial charge in [0.25, 0.3) is 0 Å². The van der Waals surface area contributed by atoms with Crippen LogP contribution in [0.2, 0.25) is 0 Å². The van der Waals surface area contributed by atoms with Crippen molar-refractivity contribution in [3.8, 4) is 0 Å². The summed E-state index contributed by atoms with van der Waals surface area (Å²) in [6, 6.07) is 9.44. The summed E-state index contributed by atoms with van der Waals surface area (Å²) in [5.74, 6) is 0.677. The van der Waals surface area contributed by atoms with Gasteiger partial charge in [-0.05, 0) is 48.7 Å². The zero-order chi connectivity index (χ0) is 12.4. The van der Waals surface area contributed by atoms with Crippen LogP contribution < -0.4 is 5.32 Å². The fraction of sp³-hybridized carbons (Fsp3) is 0.438. The molecule has 0 amide bonds. The molecule has 1 unspecified atom stereocenters. The van der Waals surface area contributed by atoms with Gasteiger partial charge in [-0.25, -0.2) is 0 Å². The summed E-state index contributed by atoms with van der Waals surface area (Å²) in [6.45, 7) is 3.45. The van der Waals surface area contributed by atoms with E-state index in [4.69, 9.17) is 0 Å². The topological polar surface area (TPSA) is 24.9 Å². The Morgan fingerprint density at radius 2 is 2.22 bits per heavy atom. The molecule has 2 nitrogen and oxygen atoms in total. The molecule has 1 atom stereocenters. The second-order valence-electron chi connectivity index (χ2n) is 5.51. The van der Waals surface area contributed by atoms with Crippen LogP contribution in [0.5, 0.6) is 0 Å². The minimum atomic E-state index is 0.677. The molecule has 0 radical (unpaired) electrons. The van der Waals surface area contributed by atoms with Crippen LogP contribution in [0.4, 0.5) is 0 Å². The minimum absolute atomic E-state index is 0.677. The predicted octanol–water partition coefficient (Wildman–Crippen LogP) is 3.17. The molecule has 0 aliphatic heterocycles. The largest absolute Gasteiger partial charge is 0.314 e. The van der Waals surface area contributed by atoms with Crippen molar-refractivity contribution in [1.82, 2.24) is 10.3 Å². The van der Waals surface area contributed by atoms with Crippen molar-refractivity contribution in [2.24, 2.45) is 5.92 Å². The van der Waals surface area contributed by atoms with E-state index in [9.17, 15) is 0 Å². The maximum absolute atomic E-state index is 4.25. The molecule has 1 heterocycles. The van der Waals surface area contributed by atoms with Gasteiger partial charge in [0, 0.05) is 23.8 Å². The number of aromatic nitrogens is 1. The van der Waals surface area contributed by atoms with Gasteiger partial charge in [-0.1, -0.05) is 25.1 Å². The molecule has 1 saturated carbocycles. The molecule has 18 heavy (non-hydrogen) atoms. The summed E-state index contributed by atoms with van der Waals surface area (Å²) in [4.78, 5) is 4.25. The van der Waals surface area contributed by atoms with Gasteiger partial charge in [0.1, 0.15) is 0 Å². The lowest BCUT2D eigenvalue weighted by molar-refractivity contribution is 0.510. The molecule has 0 saturated heterocycles. The third-order valence-corrected chi connectivity index (χ3v) is 3.67. The third kappa shape index (κ3) is 2.70. The Balaban J connectivity index is 1.72. The average Bonchev–Trinajstić information content (AvgIpc) is 3.21. The van der Waals surface area contributed by atoms with Crippen LogP contribution in [0.1, 0.15) is 25.3 Å². The van der Waals surface area contributed by atoms with E-state index >= 15 is 0 Å². The van der Waals surface area contributed by atoms with Crippen molar-refractivity contribution in [3.63, 3.8) is 0 Å². The number of hydrogen-bond donors (Lipinski definition) is 1. The quantitative estimate of drug-likeness (QED) is 0.868. The van der Waals surface area contributed by atoms with Crippen molar-refractivity contribution in [2.75, 3.05) is 6.54 Å². The summed E-state index contributed by atoms with van der Waals surface area (Å²) in [6.07, 6.45) is 7.72. The highest BCUT2D eigenvalue weighted by Gasteiger charge is 2.20. The van der Waals surface area contributed by atoms with Crippen LogP contribution in [0, 0.1) is 5.92 Å². The van der Waals surface area contributed by atoms with Gasteiger partial charge in [0.15, 0.2) is 0 Å². The lowest BCUT2D eigenvalue weighted by atomic mass is 9.97. The molecule has 0 bridgehead atoms. The predicted molar refractivity (Wildman–Crippen MR) is 75.6 cm³/mol.